The van der Waals surface area contributed by atoms with E-state index in [1.165, 1.54) is 13.1 Å². The maximum absolute atomic E-state index is 6.47. The lowest BCUT2D eigenvalue weighted by molar-refractivity contribution is -0.0255. The van der Waals surface area contributed by atoms with Gasteiger partial charge >= 0.3 is 0 Å². The number of aromatic nitrogens is 1. The van der Waals surface area contributed by atoms with Crippen molar-refractivity contribution in [2.75, 3.05) is 43.4 Å². The van der Waals surface area contributed by atoms with Gasteiger partial charge in [-0.15, -0.1) is 9.24 Å². The Balaban J connectivity index is 1.44. The predicted octanol–water partition coefficient (Wildman–Crippen LogP) is 3.11. The van der Waals surface area contributed by atoms with Crippen LogP contribution in [0.1, 0.15) is 13.8 Å². The molecule has 0 bridgehead atoms. The second-order valence-corrected chi connectivity index (χ2v) is 10.0. The number of nitrogen functional groups attached to an aromatic ring is 1. The van der Waals surface area contributed by atoms with Crippen LogP contribution in [-0.2, 0) is 0 Å². The minimum absolute atomic E-state index is 0.293. The molecule has 2 saturated heterocycles. The average Bonchev–Trinajstić information content (AvgIpc) is 2.49. The van der Waals surface area contributed by atoms with Gasteiger partial charge in [-0.25, -0.2) is 4.98 Å². The number of nitrogens with two attached hydrogens (primary N) is 1. The van der Waals surface area contributed by atoms with Crippen LogP contribution in [-0.4, -0.2) is 47.8 Å². The maximum Gasteiger partial charge on any atom is 0.152 e. The molecule has 0 aliphatic carbocycles. The van der Waals surface area contributed by atoms with Crippen LogP contribution >= 0.6 is 9.24 Å². The molecule has 3 heterocycles. The molecular weight excluding hydrogens is 327 g/mol. The third kappa shape index (κ3) is 3.26. The highest BCUT2D eigenvalue weighted by atomic mass is 31.0. The third-order valence-corrected chi connectivity index (χ3v) is 5.34. The molecule has 0 radical (unpaired) electrons. The highest BCUT2D eigenvalue weighted by molar-refractivity contribution is 7.18. The quantitative estimate of drug-likeness (QED) is 0.857. The summed E-state index contributed by atoms with van der Waals surface area (Å²) in [5, 5.41) is 0.293. The number of benzene rings is 1. The van der Waals surface area contributed by atoms with E-state index in [0.29, 0.717) is 10.6 Å². The van der Waals surface area contributed by atoms with Gasteiger partial charge in [0.1, 0.15) is 0 Å². The number of hydrogen-bond acceptors (Lipinski definition) is 4. The molecule has 1 aromatic carbocycles. The van der Waals surface area contributed by atoms with Crippen molar-refractivity contribution in [2.45, 2.75) is 19.0 Å². The van der Waals surface area contributed by atoms with E-state index in [0.717, 1.165) is 42.3 Å². The Bertz CT molecular complexity index is 755. The molecule has 1 atom stereocenters. The van der Waals surface area contributed by atoms with Crippen LogP contribution in [0.15, 0.2) is 42.6 Å². The molecule has 5 heteroatoms. The molecule has 4 rings (SSSR count). The van der Waals surface area contributed by atoms with Crippen LogP contribution in [0.25, 0.3) is 11.1 Å². The molecule has 1 aromatic heterocycles. The fourth-order valence-electron chi connectivity index (χ4n) is 4.29. The first-order valence-corrected chi connectivity index (χ1v) is 9.49. The van der Waals surface area contributed by atoms with Gasteiger partial charge in [-0.05, 0) is 16.8 Å². The third-order valence-electron chi connectivity index (χ3n) is 5.16. The van der Waals surface area contributed by atoms with Gasteiger partial charge in [-0.2, -0.15) is 0 Å². The molecule has 4 nitrogen and oxygen atoms in total. The van der Waals surface area contributed by atoms with E-state index >= 15 is 0 Å². The summed E-state index contributed by atoms with van der Waals surface area (Å²) in [5.41, 5.74) is 9.94. The summed E-state index contributed by atoms with van der Waals surface area (Å²) in [4.78, 5) is 9.47. The van der Waals surface area contributed by atoms with Crippen LogP contribution in [0.4, 0.5) is 11.5 Å². The zero-order valence-corrected chi connectivity index (χ0v) is 16.2. The van der Waals surface area contributed by atoms with Gasteiger partial charge in [0, 0.05) is 49.9 Å². The molecular formula is C20H27N4P. The summed E-state index contributed by atoms with van der Waals surface area (Å²) in [7, 11) is 2.95. The zero-order chi connectivity index (χ0) is 17.7. The van der Waals surface area contributed by atoms with Crippen molar-refractivity contribution in [1.29, 1.82) is 0 Å². The van der Waals surface area contributed by atoms with Gasteiger partial charge in [-0.1, -0.05) is 44.2 Å². The molecule has 2 aromatic rings. The van der Waals surface area contributed by atoms with Crippen molar-refractivity contribution in [3.63, 3.8) is 0 Å². The van der Waals surface area contributed by atoms with E-state index in [4.69, 9.17) is 5.73 Å². The van der Waals surface area contributed by atoms with Crippen LogP contribution < -0.4 is 10.6 Å². The van der Waals surface area contributed by atoms with Crippen molar-refractivity contribution < 1.29 is 0 Å². The number of pyridine rings is 1. The van der Waals surface area contributed by atoms with Crippen molar-refractivity contribution in [3.8, 4) is 11.1 Å². The first kappa shape index (κ1) is 16.8. The smallest absolute Gasteiger partial charge is 0.152 e. The van der Waals surface area contributed by atoms with Crippen LogP contribution in [0.3, 0.4) is 0 Å². The number of nitrogens with zero attached hydrogens (tertiary/aromatic N) is 3. The number of likely N-dealkylation sites (tertiary alicyclic amines) is 1. The summed E-state index contributed by atoms with van der Waals surface area (Å²) < 4.78 is 0. The van der Waals surface area contributed by atoms with Gasteiger partial charge < -0.3 is 15.5 Å². The SMILES string of the molecule is CC(C)(P)CN1CC2(C1)CN(c1nccc(-c3ccccc3)c1N)C2. The van der Waals surface area contributed by atoms with Gasteiger partial charge in [0.2, 0.25) is 0 Å². The molecule has 2 aliphatic heterocycles. The van der Waals surface area contributed by atoms with Gasteiger partial charge in [0.05, 0.1) is 5.69 Å². The standard InChI is InChI=1S/C20H27N4P/c1-19(2,25)10-23-11-20(12-23)13-24(14-20)18-17(21)16(8-9-22-18)15-6-4-3-5-7-15/h3-9H,10-14,21,25H2,1-2H3. The minimum atomic E-state index is 0.293. The second-order valence-electron chi connectivity index (χ2n) is 8.45. The van der Waals surface area contributed by atoms with Gasteiger partial charge in [0.25, 0.3) is 0 Å². The molecule has 1 spiro atoms. The van der Waals surface area contributed by atoms with Crippen molar-refractivity contribution >= 4 is 20.7 Å². The molecule has 0 saturated carbocycles. The minimum Gasteiger partial charge on any atom is -0.395 e. The summed E-state index contributed by atoms with van der Waals surface area (Å²) in [6.07, 6.45) is 1.88. The van der Waals surface area contributed by atoms with Gasteiger partial charge in [-0.3, -0.25) is 0 Å². The molecule has 25 heavy (non-hydrogen) atoms. The van der Waals surface area contributed by atoms with E-state index in [2.05, 4.69) is 50.0 Å². The predicted molar refractivity (Wildman–Crippen MR) is 109 cm³/mol. The van der Waals surface area contributed by atoms with Crippen LogP contribution in [0, 0.1) is 5.41 Å². The number of anilines is 2. The summed E-state index contributed by atoms with van der Waals surface area (Å²) in [5.74, 6) is 0.941. The summed E-state index contributed by atoms with van der Waals surface area (Å²) >= 11 is 0. The Hall–Kier alpha value is -1.64. The Morgan fingerprint density at radius 3 is 2.44 bits per heavy atom. The zero-order valence-electron chi connectivity index (χ0n) is 15.1. The van der Waals surface area contributed by atoms with Crippen LogP contribution in [0.2, 0.25) is 0 Å². The van der Waals surface area contributed by atoms with E-state index in [9.17, 15) is 0 Å². The van der Waals surface area contributed by atoms with E-state index < -0.39 is 0 Å². The molecule has 0 amide bonds. The largest absolute Gasteiger partial charge is 0.395 e. The maximum atomic E-state index is 6.47. The fourth-order valence-corrected chi connectivity index (χ4v) is 4.55. The van der Waals surface area contributed by atoms with Crippen molar-refractivity contribution in [2.24, 2.45) is 5.41 Å². The first-order chi connectivity index (χ1) is 11.9. The van der Waals surface area contributed by atoms with Crippen LogP contribution in [0.5, 0.6) is 0 Å². The Kier molecular flexibility index (Phi) is 4.01. The molecule has 2 aliphatic rings. The highest BCUT2D eigenvalue weighted by Gasteiger charge is 2.52. The lowest BCUT2D eigenvalue weighted by atomic mass is 9.72. The molecule has 1 unspecified atom stereocenters. The van der Waals surface area contributed by atoms with Gasteiger partial charge in [0.15, 0.2) is 5.82 Å². The Morgan fingerprint density at radius 2 is 1.80 bits per heavy atom. The van der Waals surface area contributed by atoms with E-state index in [-0.39, 0.29) is 0 Å². The van der Waals surface area contributed by atoms with Crippen molar-refractivity contribution in [1.82, 2.24) is 9.88 Å². The lowest BCUT2D eigenvalue weighted by Crippen LogP contribution is -2.73. The number of hydrogen-bond donors (Lipinski definition) is 1. The fraction of sp³-hybridized carbons (Fsp3) is 0.450. The Morgan fingerprint density at radius 1 is 1.12 bits per heavy atom. The van der Waals surface area contributed by atoms with Crippen molar-refractivity contribution in [3.05, 3.63) is 42.6 Å². The topological polar surface area (TPSA) is 45.4 Å². The highest BCUT2D eigenvalue weighted by Crippen LogP contribution is 2.44. The second kappa shape index (κ2) is 5.96. The average molecular weight is 354 g/mol. The Labute approximate surface area is 152 Å². The molecule has 2 N–H and O–H groups in total. The van der Waals surface area contributed by atoms with E-state index in [1.807, 2.05) is 30.5 Å². The van der Waals surface area contributed by atoms with E-state index in [1.54, 1.807) is 0 Å². The molecule has 132 valence electrons. The molecule has 2 fully saturated rings. The lowest BCUT2D eigenvalue weighted by Gasteiger charge is -2.61. The summed E-state index contributed by atoms with van der Waals surface area (Å²) in [6, 6.07) is 12.3. The first-order valence-electron chi connectivity index (χ1n) is 8.91. The summed E-state index contributed by atoms with van der Waals surface area (Å²) in [6.45, 7) is 10.2. The number of rotatable bonds is 4. The normalized spacial score (nSPS) is 19.6. The monoisotopic (exact) mass is 354 g/mol.